The Morgan fingerprint density at radius 3 is 2.44 bits per heavy atom. The Hall–Kier alpha value is -3.68. The summed E-state index contributed by atoms with van der Waals surface area (Å²) in [6.07, 6.45) is 5.01. The first-order valence-corrected chi connectivity index (χ1v) is 7.11. The average Bonchev–Trinajstić information content (AvgIpc) is 3.00. The molecule has 128 valence electrons. The summed E-state index contributed by atoms with van der Waals surface area (Å²) >= 11 is 0. The maximum absolute atomic E-state index is 11.6. The van der Waals surface area contributed by atoms with Crippen LogP contribution in [0.1, 0.15) is 11.3 Å². The zero-order valence-electron chi connectivity index (χ0n) is 12.9. The zero-order chi connectivity index (χ0) is 18.4. The summed E-state index contributed by atoms with van der Waals surface area (Å²) in [5, 5.41) is 28.2. The van der Waals surface area contributed by atoms with Gasteiger partial charge in [-0.2, -0.15) is 0 Å². The van der Waals surface area contributed by atoms with Crippen LogP contribution >= 0.6 is 0 Å². The molecular weight excluding hydrogens is 328 g/mol. The van der Waals surface area contributed by atoms with Crippen molar-refractivity contribution < 1.29 is 24.7 Å². The second-order valence-corrected chi connectivity index (χ2v) is 5.05. The van der Waals surface area contributed by atoms with E-state index < -0.39 is 22.4 Å². The van der Waals surface area contributed by atoms with Crippen LogP contribution in [0.15, 0.2) is 60.5 Å². The minimum absolute atomic E-state index is 0.00648. The van der Waals surface area contributed by atoms with Crippen molar-refractivity contribution in [1.82, 2.24) is 4.57 Å². The summed E-state index contributed by atoms with van der Waals surface area (Å²) in [7, 11) is 0. The molecule has 2 N–H and O–H groups in total. The van der Waals surface area contributed by atoms with E-state index in [0.29, 0.717) is 18.3 Å². The van der Waals surface area contributed by atoms with E-state index in [2.05, 4.69) is 0 Å². The minimum Gasteiger partial charge on any atom is -0.502 e. The van der Waals surface area contributed by atoms with Gasteiger partial charge in [0.2, 0.25) is 5.76 Å². The number of nitrogens with zero attached hydrogens (tertiary/aromatic N) is 2. The molecule has 0 fully saturated rings. The summed E-state index contributed by atoms with van der Waals surface area (Å²) in [6, 6.07) is 9.62. The normalized spacial score (nSPS) is 11.6. The monoisotopic (exact) mass is 342 g/mol. The van der Waals surface area contributed by atoms with E-state index in [0.717, 1.165) is 11.6 Å². The predicted molar refractivity (Wildman–Crippen MR) is 89.0 cm³/mol. The van der Waals surface area contributed by atoms with Gasteiger partial charge in [-0.3, -0.25) is 14.9 Å². The molecule has 0 amide bonds. The first-order chi connectivity index (χ1) is 11.9. The number of aliphatic carboxylic acids is 1. The lowest BCUT2D eigenvalue weighted by atomic mass is 10.2. The first kappa shape index (κ1) is 17.7. The highest BCUT2D eigenvalue weighted by atomic mass is 16.6. The van der Waals surface area contributed by atoms with Crippen LogP contribution in [0, 0.1) is 10.1 Å². The number of non-ortho nitro benzene ring substituents is 1. The van der Waals surface area contributed by atoms with Crippen LogP contribution in [0.4, 0.5) is 5.69 Å². The fourth-order valence-electron chi connectivity index (χ4n) is 2.05. The molecule has 1 aromatic heterocycles. The van der Waals surface area contributed by atoms with E-state index >= 15 is 0 Å². The Kier molecular flexibility index (Phi) is 5.47. The quantitative estimate of drug-likeness (QED) is 0.345. The van der Waals surface area contributed by atoms with Crippen molar-refractivity contribution >= 4 is 23.5 Å². The van der Waals surface area contributed by atoms with E-state index in [1.165, 1.54) is 18.2 Å². The number of hydrogen-bond donors (Lipinski definition) is 2. The summed E-state index contributed by atoms with van der Waals surface area (Å²) in [5.41, 5.74) is 1.52. The molecule has 0 unspecified atom stereocenters. The van der Waals surface area contributed by atoms with Crippen LogP contribution in [0.5, 0.6) is 0 Å². The SMILES string of the molecule is O=C(/C=C(\O)C(=O)O)/C=C/c1cccn1Cc1ccc([N+](=O)[O-])cc1. The number of allylic oxidation sites excluding steroid dienone is 2. The minimum atomic E-state index is -1.58. The molecular formula is C17H14N2O6. The van der Waals surface area contributed by atoms with Gasteiger partial charge in [-0.25, -0.2) is 4.79 Å². The Morgan fingerprint density at radius 1 is 1.16 bits per heavy atom. The average molecular weight is 342 g/mol. The van der Waals surface area contributed by atoms with Crippen molar-refractivity contribution in [3.8, 4) is 0 Å². The number of rotatable bonds is 7. The van der Waals surface area contributed by atoms with Crippen molar-refractivity contribution in [2.24, 2.45) is 0 Å². The standard InChI is InChI=1S/C17H14N2O6/c20-15(10-16(21)17(22)23)8-7-13-2-1-9-18(13)11-12-3-5-14(6-4-12)19(24)25/h1-10,21H,11H2,(H,22,23)/b8-7+,16-10-. The van der Waals surface area contributed by atoms with Crippen molar-refractivity contribution in [1.29, 1.82) is 0 Å². The number of benzene rings is 1. The van der Waals surface area contributed by atoms with Crippen molar-refractivity contribution in [3.05, 3.63) is 81.9 Å². The maximum atomic E-state index is 11.6. The molecule has 25 heavy (non-hydrogen) atoms. The van der Waals surface area contributed by atoms with Crippen LogP contribution in [0.2, 0.25) is 0 Å². The van der Waals surface area contributed by atoms with Crippen LogP contribution in [-0.4, -0.2) is 31.5 Å². The molecule has 2 rings (SSSR count). The maximum Gasteiger partial charge on any atom is 0.371 e. The van der Waals surface area contributed by atoms with Crippen molar-refractivity contribution in [3.63, 3.8) is 0 Å². The number of carboxylic acid groups (broad SMARTS) is 1. The molecule has 0 bridgehead atoms. The third-order valence-electron chi connectivity index (χ3n) is 3.28. The Morgan fingerprint density at radius 2 is 1.84 bits per heavy atom. The van der Waals surface area contributed by atoms with Crippen molar-refractivity contribution in [2.45, 2.75) is 6.54 Å². The van der Waals surface area contributed by atoms with Gasteiger partial charge in [0, 0.05) is 36.6 Å². The van der Waals surface area contributed by atoms with Crippen LogP contribution < -0.4 is 0 Å². The van der Waals surface area contributed by atoms with Gasteiger partial charge in [0.1, 0.15) is 0 Å². The van der Waals surface area contributed by atoms with Gasteiger partial charge in [0.25, 0.3) is 5.69 Å². The molecule has 8 nitrogen and oxygen atoms in total. The molecule has 1 heterocycles. The highest BCUT2D eigenvalue weighted by Crippen LogP contribution is 2.14. The molecule has 0 aliphatic heterocycles. The van der Waals surface area contributed by atoms with E-state index in [-0.39, 0.29) is 5.69 Å². The smallest absolute Gasteiger partial charge is 0.371 e. The van der Waals surface area contributed by atoms with Crippen LogP contribution in [0.25, 0.3) is 6.08 Å². The molecule has 0 saturated carbocycles. The first-order valence-electron chi connectivity index (χ1n) is 7.11. The number of ketones is 1. The molecule has 0 aliphatic rings. The molecule has 0 saturated heterocycles. The van der Waals surface area contributed by atoms with Crippen LogP contribution in [0.3, 0.4) is 0 Å². The fraction of sp³-hybridized carbons (Fsp3) is 0.0588. The molecule has 0 radical (unpaired) electrons. The van der Waals surface area contributed by atoms with Crippen molar-refractivity contribution in [2.75, 3.05) is 0 Å². The topological polar surface area (TPSA) is 123 Å². The summed E-state index contributed by atoms with van der Waals surface area (Å²) in [6.45, 7) is 0.440. The highest BCUT2D eigenvalue weighted by Gasteiger charge is 2.07. The number of carbonyl (C=O) groups excluding carboxylic acids is 1. The molecule has 0 spiro atoms. The van der Waals surface area contributed by atoms with Gasteiger partial charge < -0.3 is 14.8 Å². The zero-order valence-corrected chi connectivity index (χ0v) is 12.9. The van der Waals surface area contributed by atoms with E-state index in [4.69, 9.17) is 10.2 Å². The third-order valence-corrected chi connectivity index (χ3v) is 3.28. The number of hydrogen-bond acceptors (Lipinski definition) is 5. The summed E-state index contributed by atoms with van der Waals surface area (Å²) in [4.78, 5) is 32.2. The molecule has 1 aromatic carbocycles. The van der Waals surface area contributed by atoms with E-state index in [1.54, 1.807) is 30.5 Å². The van der Waals surface area contributed by atoms with Crippen LogP contribution in [-0.2, 0) is 16.1 Å². The fourth-order valence-corrected chi connectivity index (χ4v) is 2.05. The molecule has 0 atom stereocenters. The largest absolute Gasteiger partial charge is 0.502 e. The lowest BCUT2D eigenvalue weighted by Gasteiger charge is -2.06. The van der Waals surface area contributed by atoms with Gasteiger partial charge >= 0.3 is 5.97 Å². The van der Waals surface area contributed by atoms with Gasteiger partial charge in [-0.15, -0.1) is 0 Å². The number of carbonyl (C=O) groups is 2. The van der Waals surface area contributed by atoms with Gasteiger partial charge in [0.05, 0.1) is 4.92 Å². The number of aliphatic hydroxyl groups is 1. The number of carboxylic acids is 1. The lowest BCUT2D eigenvalue weighted by molar-refractivity contribution is -0.384. The second-order valence-electron chi connectivity index (χ2n) is 5.05. The van der Waals surface area contributed by atoms with Gasteiger partial charge in [-0.05, 0) is 29.8 Å². The van der Waals surface area contributed by atoms with Gasteiger partial charge in [-0.1, -0.05) is 12.1 Å². The van der Waals surface area contributed by atoms with E-state index in [9.17, 15) is 19.7 Å². The number of nitro benzene ring substituents is 1. The highest BCUT2D eigenvalue weighted by molar-refractivity contribution is 6.05. The lowest BCUT2D eigenvalue weighted by Crippen LogP contribution is -2.02. The number of aliphatic hydroxyl groups excluding tert-OH is 1. The molecule has 8 heteroatoms. The van der Waals surface area contributed by atoms with E-state index in [1.807, 2.05) is 4.57 Å². The Balaban J connectivity index is 2.11. The van der Waals surface area contributed by atoms with Gasteiger partial charge in [0.15, 0.2) is 5.78 Å². The summed E-state index contributed by atoms with van der Waals surface area (Å²) < 4.78 is 1.81. The molecule has 2 aromatic rings. The predicted octanol–water partition coefficient (Wildman–Crippen LogP) is 2.55. The Labute approximate surface area is 142 Å². The third kappa shape index (κ3) is 4.90. The molecule has 0 aliphatic carbocycles. The Bertz CT molecular complexity index is 862. The number of aromatic nitrogens is 1. The summed E-state index contributed by atoms with van der Waals surface area (Å²) in [5.74, 6) is -3.28. The second kappa shape index (κ2) is 7.73. The number of nitro groups is 1.